The second-order valence-corrected chi connectivity index (χ2v) is 5.61. The number of halogens is 3. The molecule has 0 aromatic heterocycles. The Labute approximate surface area is 147 Å². The van der Waals surface area contributed by atoms with Crippen molar-refractivity contribution in [2.75, 3.05) is 27.3 Å². The van der Waals surface area contributed by atoms with Crippen molar-refractivity contribution in [2.45, 2.75) is 38.1 Å². The highest BCUT2D eigenvalue weighted by Crippen LogP contribution is 2.31. The molecule has 1 aromatic carbocycles. The Balaban J connectivity index is 0.00000288. The van der Waals surface area contributed by atoms with Crippen molar-refractivity contribution in [3.05, 3.63) is 23.8 Å². The molecule has 1 saturated heterocycles. The van der Waals surface area contributed by atoms with Gasteiger partial charge in [-0.15, -0.1) is 12.4 Å². The van der Waals surface area contributed by atoms with Crippen LogP contribution >= 0.6 is 12.4 Å². The van der Waals surface area contributed by atoms with E-state index in [9.17, 15) is 8.78 Å². The summed E-state index contributed by atoms with van der Waals surface area (Å²) in [6, 6.07) is 5.32. The number of hydrogen-bond donors (Lipinski definition) is 1. The molecule has 8 heteroatoms. The summed E-state index contributed by atoms with van der Waals surface area (Å²) in [4.78, 5) is 2.25. The van der Waals surface area contributed by atoms with Crippen molar-refractivity contribution in [3.8, 4) is 11.5 Å². The number of alkyl halides is 2. The minimum absolute atomic E-state index is 0. The first kappa shape index (κ1) is 20.9. The quantitative estimate of drug-likeness (QED) is 0.804. The fourth-order valence-electron chi connectivity index (χ4n) is 2.97. The molecule has 1 aliphatic heterocycles. The van der Waals surface area contributed by atoms with Crippen LogP contribution in [-0.2, 0) is 11.3 Å². The van der Waals surface area contributed by atoms with Gasteiger partial charge in [0.25, 0.3) is 0 Å². The van der Waals surface area contributed by atoms with Gasteiger partial charge in [0.05, 0.1) is 13.2 Å². The van der Waals surface area contributed by atoms with Gasteiger partial charge in [-0.05, 0) is 30.5 Å². The van der Waals surface area contributed by atoms with Gasteiger partial charge in [-0.1, -0.05) is 6.07 Å². The van der Waals surface area contributed by atoms with E-state index in [1.54, 1.807) is 19.2 Å². The third-order valence-corrected chi connectivity index (χ3v) is 4.22. The maximum atomic E-state index is 12.5. The number of hydrogen-bond acceptors (Lipinski definition) is 5. The lowest BCUT2D eigenvalue weighted by molar-refractivity contribution is -0.0513. The van der Waals surface area contributed by atoms with E-state index in [0.29, 0.717) is 18.8 Å². The molecule has 1 aromatic rings. The maximum Gasteiger partial charge on any atom is 0.387 e. The molecule has 138 valence electrons. The van der Waals surface area contributed by atoms with Gasteiger partial charge in [-0.3, -0.25) is 4.90 Å². The Kier molecular flexibility index (Phi) is 8.69. The van der Waals surface area contributed by atoms with Crippen LogP contribution in [0.3, 0.4) is 0 Å². The summed E-state index contributed by atoms with van der Waals surface area (Å²) >= 11 is 0. The van der Waals surface area contributed by atoms with Crippen molar-refractivity contribution in [3.63, 3.8) is 0 Å². The second-order valence-electron chi connectivity index (χ2n) is 5.61. The van der Waals surface area contributed by atoms with E-state index in [1.165, 1.54) is 7.11 Å². The topological polar surface area (TPSA) is 57.0 Å². The van der Waals surface area contributed by atoms with Crippen LogP contribution in [0.5, 0.6) is 11.5 Å². The first-order valence-electron chi connectivity index (χ1n) is 7.66. The van der Waals surface area contributed by atoms with E-state index < -0.39 is 6.61 Å². The summed E-state index contributed by atoms with van der Waals surface area (Å²) in [6.45, 7) is -0.858. The van der Waals surface area contributed by atoms with E-state index in [-0.39, 0.29) is 30.3 Å². The molecule has 2 rings (SSSR count). The van der Waals surface area contributed by atoms with Gasteiger partial charge in [0.2, 0.25) is 0 Å². The summed E-state index contributed by atoms with van der Waals surface area (Å²) < 4.78 is 40.0. The Hall–Kier alpha value is -1.15. The van der Waals surface area contributed by atoms with E-state index in [4.69, 9.17) is 15.2 Å². The SMILES string of the molecule is COc1ccc(CN2CCC(OC)CC2CN)cc1OC(F)F.Cl. The number of benzene rings is 1. The van der Waals surface area contributed by atoms with E-state index in [0.717, 1.165) is 24.9 Å². The van der Waals surface area contributed by atoms with Crippen molar-refractivity contribution in [1.82, 2.24) is 4.90 Å². The normalized spacial score (nSPS) is 21.4. The smallest absolute Gasteiger partial charge is 0.387 e. The average molecular weight is 367 g/mol. The highest BCUT2D eigenvalue weighted by Gasteiger charge is 2.27. The van der Waals surface area contributed by atoms with Crippen molar-refractivity contribution in [1.29, 1.82) is 0 Å². The first-order valence-corrected chi connectivity index (χ1v) is 7.66. The summed E-state index contributed by atoms with van der Waals surface area (Å²) in [5, 5.41) is 0. The molecular formula is C16H25ClF2N2O3. The summed E-state index contributed by atoms with van der Waals surface area (Å²) in [5.74, 6) is 0.346. The minimum atomic E-state index is -2.88. The monoisotopic (exact) mass is 366 g/mol. The van der Waals surface area contributed by atoms with Gasteiger partial charge in [0.1, 0.15) is 0 Å². The van der Waals surface area contributed by atoms with Crippen LogP contribution < -0.4 is 15.2 Å². The Morgan fingerprint density at radius 3 is 2.62 bits per heavy atom. The van der Waals surface area contributed by atoms with E-state index in [1.807, 2.05) is 6.07 Å². The summed E-state index contributed by atoms with van der Waals surface area (Å²) in [5.41, 5.74) is 6.75. The largest absolute Gasteiger partial charge is 0.493 e. The number of rotatable bonds is 7. The molecule has 5 nitrogen and oxygen atoms in total. The highest BCUT2D eigenvalue weighted by atomic mass is 35.5. The van der Waals surface area contributed by atoms with E-state index >= 15 is 0 Å². The Bertz CT molecular complexity index is 508. The summed E-state index contributed by atoms with van der Waals surface area (Å²) in [7, 11) is 3.14. The summed E-state index contributed by atoms with van der Waals surface area (Å²) in [6.07, 6.45) is 2.04. The third-order valence-electron chi connectivity index (χ3n) is 4.22. The lowest BCUT2D eigenvalue weighted by Gasteiger charge is -2.38. The molecule has 1 heterocycles. The molecule has 2 N–H and O–H groups in total. The van der Waals surface area contributed by atoms with Gasteiger partial charge in [-0.2, -0.15) is 8.78 Å². The molecule has 0 bridgehead atoms. The molecule has 0 amide bonds. The molecule has 0 aliphatic carbocycles. The van der Waals surface area contributed by atoms with Crippen LogP contribution in [0, 0.1) is 0 Å². The van der Waals surface area contributed by atoms with Gasteiger partial charge in [-0.25, -0.2) is 0 Å². The molecule has 1 fully saturated rings. The van der Waals surface area contributed by atoms with Gasteiger partial charge >= 0.3 is 6.61 Å². The second kappa shape index (κ2) is 9.98. The zero-order valence-corrected chi connectivity index (χ0v) is 14.7. The molecule has 0 spiro atoms. The predicted octanol–water partition coefficient (Wildman–Crippen LogP) is 2.66. The molecule has 0 saturated carbocycles. The standard InChI is InChI=1S/C16H24F2N2O3.ClH/c1-21-13-5-6-20(12(8-13)9-19)10-11-3-4-14(22-2)15(7-11)23-16(17)18;/h3-4,7,12-13,16H,5-6,8-10,19H2,1-2H3;1H. The van der Waals surface area contributed by atoms with Crippen LogP contribution in [0.1, 0.15) is 18.4 Å². The number of likely N-dealkylation sites (tertiary alicyclic amines) is 1. The average Bonchev–Trinajstić information content (AvgIpc) is 2.55. The lowest BCUT2D eigenvalue weighted by Crippen LogP contribution is -2.47. The Morgan fingerprint density at radius 2 is 2.04 bits per heavy atom. The van der Waals surface area contributed by atoms with Gasteiger partial charge < -0.3 is 19.9 Å². The maximum absolute atomic E-state index is 12.5. The van der Waals surface area contributed by atoms with Crippen molar-refractivity contribution in [2.24, 2.45) is 5.73 Å². The first-order chi connectivity index (χ1) is 11.1. The minimum Gasteiger partial charge on any atom is -0.493 e. The molecule has 0 radical (unpaired) electrons. The van der Waals surface area contributed by atoms with Crippen LogP contribution in [0.4, 0.5) is 8.78 Å². The fraction of sp³-hybridized carbons (Fsp3) is 0.625. The lowest BCUT2D eigenvalue weighted by atomic mass is 9.98. The van der Waals surface area contributed by atoms with Gasteiger partial charge in [0, 0.05) is 32.8 Å². The van der Waals surface area contributed by atoms with Crippen molar-refractivity contribution >= 4 is 12.4 Å². The highest BCUT2D eigenvalue weighted by molar-refractivity contribution is 5.85. The molecule has 2 unspecified atom stereocenters. The Morgan fingerprint density at radius 1 is 1.29 bits per heavy atom. The third kappa shape index (κ3) is 5.44. The zero-order chi connectivity index (χ0) is 16.8. The van der Waals surface area contributed by atoms with Crippen LogP contribution in [0.15, 0.2) is 18.2 Å². The van der Waals surface area contributed by atoms with Crippen molar-refractivity contribution < 1.29 is 23.0 Å². The van der Waals surface area contributed by atoms with Crippen LogP contribution in [-0.4, -0.2) is 51.0 Å². The molecule has 1 aliphatic rings. The fourth-order valence-corrected chi connectivity index (χ4v) is 2.97. The predicted molar refractivity (Wildman–Crippen MR) is 90.2 cm³/mol. The number of nitrogens with zero attached hydrogens (tertiary/aromatic N) is 1. The molecule has 24 heavy (non-hydrogen) atoms. The number of nitrogens with two attached hydrogens (primary N) is 1. The molecule has 2 atom stereocenters. The number of methoxy groups -OCH3 is 2. The number of ether oxygens (including phenoxy) is 3. The zero-order valence-electron chi connectivity index (χ0n) is 13.9. The molecular weight excluding hydrogens is 342 g/mol. The van der Waals surface area contributed by atoms with Crippen LogP contribution in [0.2, 0.25) is 0 Å². The van der Waals surface area contributed by atoms with E-state index in [2.05, 4.69) is 9.64 Å². The number of piperidine rings is 1. The van der Waals surface area contributed by atoms with Crippen LogP contribution in [0.25, 0.3) is 0 Å². The van der Waals surface area contributed by atoms with Gasteiger partial charge in [0.15, 0.2) is 11.5 Å².